The van der Waals surface area contributed by atoms with E-state index in [1.165, 1.54) is 43.3 Å². The van der Waals surface area contributed by atoms with Crippen molar-refractivity contribution in [2.24, 2.45) is 11.7 Å². The highest BCUT2D eigenvalue weighted by Gasteiger charge is 2.32. The molecule has 6 atom stereocenters. The minimum absolute atomic E-state index is 0.0132. The van der Waals surface area contributed by atoms with Gasteiger partial charge in [-0.25, -0.2) is 0 Å². The van der Waals surface area contributed by atoms with Gasteiger partial charge in [-0.05, 0) is 48.2 Å². The third-order valence-corrected chi connectivity index (χ3v) is 7.56. The van der Waals surface area contributed by atoms with Gasteiger partial charge in [-0.3, -0.25) is 28.8 Å². The fourth-order valence-corrected chi connectivity index (χ4v) is 4.37. The molecule has 0 aromatic heterocycles. The summed E-state index contributed by atoms with van der Waals surface area (Å²) >= 11 is 0. The van der Waals surface area contributed by atoms with Gasteiger partial charge in [0.15, 0.2) is 0 Å². The molecule has 16 nitrogen and oxygen atoms in total. The first kappa shape index (κ1) is 39.0. The van der Waals surface area contributed by atoms with E-state index >= 15 is 0 Å². The molecule has 0 aliphatic carbocycles. The SMILES string of the molecule is CC[C@H](C)[C@H](N)C(=O)N[C@@H](Cc1ccc(O)cc1)C(=O)N[C@@H](CO)C(=O)N[C@@H](Cc1ccc(O)cc1)C(=O)N[C@@H](C)C(=O)NCC(=O)O. The van der Waals surface area contributed by atoms with Crippen molar-refractivity contribution in [3.05, 3.63) is 59.7 Å². The number of phenols is 2. The number of aromatic hydroxyl groups is 2. The number of carbonyl (C=O) groups is 6. The number of benzene rings is 2. The highest BCUT2D eigenvalue weighted by molar-refractivity contribution is 5.96. The Morgan fingerprint density at radius 3 is 1.52 bits per heavy atom. The van der Waals surface area contributed by atoms with Crippen LogP contribution in [0.5, 0.6) is 11.5 Å². The number of hydrogen-bond donors (Lipinski definition) is 10. The third-order valence-electron chi connectivity index (χ3n) is 7.56. The molecule has 262 valence electrons. The number of aliphatic hydroxyl groups excluding tert-OH is 1. The van der Waals surface area contributed by atoms with Crippen LogP contribution in [0.15, 0.2) is 48.5 Å². The monoisotopic (exact) mass is 672 g/mol. The van der Waals surface area contributed by atoms with Crippen LogP contribution in [0.25, 0.3) is 0 Å². The quantitative estimate of drug-likeness (QED) is 0.0862. The standard InChI is InChI=1S/C32H44N6O10/c1-4-17(2)27(33)32(48)37-24(14-20-7-11-22(41)12-8-20)30(46)38-25(16-39)31(47)36-23(13-19-5-9-21(40)10-6-19)29(45)35-18(3)28(44)34-15-26(42)43/h5-12,17-18,23-25,27,39-41H,4,13-16,33H2,1-3H3,(H,34,44)(H,35,45)(H,36,47)(H,37,48)(H,38,46)(H,42,43)/t17-,18-,23-,24-,25-,27-/m0/s1. The lowest BCUT2D eigenvalue weighted by molar-refractivity contribution is -0.138. The highest BCUT2D eigenvalue weighted by Crippen LogP contribution is 2.14. The van der Waals surface area contributed by atoms with Gasteiger partial charge in [-0.15, -0.1) is 0 Å². The maximum Gasteiger partial charge on any atom is 0.322 e. The van der Waals surface area contributed by atoms with Crippen molar-refractivity contribution in [3.63, 3.8) is 0 Å². The summed E-state index contributed by atoms with van der Waals surface area (Å²) in [6.45, 7) is 3.36. The summed E-state index contributed by atoms with van der Waals surface area (Å²) in [5.74, 6) is -5.62. The molecule has 0 unspecified atom stereocenters. The van der Waals surface area contributed by atoms with Gasteiger partial charge in [-0.1, -0.05) is 44.5 Å². The molecule has 0 radical (unpaired) electrons. The van der Waals surface area contributed by atoms with Crippen LogP contribution in [0.4, 0.5) is 0 Å². The normalized spacial score (nSPS) is 14.6. The predicted octanol–water partition coefficient (Wildman–Crippen LogP) is -1.59. The second-order valence-electron chi connectivity index (χ2n) is 11.4. The molecule has 0 saturated carbocycles. The summed E-state index contributed by atoms with van der Waals surface area (Å²) in [6, 6.07) is 5.27. The molecule has 0 saturated heterocycles. The minimum Gasteiger partial charge on any atom is -0.508 e. The number of amides is 5. The third kappa shape index (κ3) is 12.5. The maximum atomic E-state index is 13.5. The van der Waals surface area contributed by atoms with Crippen LogP contribution in [0.1, 0.15) is 38.3 Å². The summed E-state index contributed by atoms with van der Waals surface area (Å²) in [7, 11) is 0. The Balaban J connectivity index is 2.26. The number of hydrogen-bond acceptors (Lipinski definition) is 10. The van der Waals surface area contributed by atoms with Crippen LogP contribution in [0.2, 0.25) is 0 Å². The number of carboxylic acid groups (broad SMARTS) is 1. The van der Waals surface area contributed by atoms with Crippen molar-refractivity contribution in [2.75, 3.05) is 13.2 Å². The average molecular weight is 673 g/mol. The van der Waals surface area contributed by atoms with Gasteiger partial charge >= 0.3 is 5.97 Å². The molecule has 0 heterocycles. The van der Waals surface area contributed by atoms with Crippen molar-refractivity contribution in [3.8, 4) is 11.5 Å². The van der Waals surface area contributed by atoms with E-state index in [2.05, 4.69) is 26.6 Å². The van der Waals surface area contributed by atoms with Crippen LogP contribution in [0, 0.1) is 5.92 Å². The number of aliphatic carboxylic acids is 1. The summed E-state index contributed by atoms with van der Waals surface area (Å²) in [4.78, 5) is 76.0. The van der Waals surface area contributed by atoms with Gasteiger partial charge in [0.2, 0.25) is 29.5 Å². The molecular formula is C32H44N6O10. The Kier molecular flexibility index (Phi) is 15.3. The molecule has 48 heavy (non-hydrogen) atoms. The summed E-state index contributed by atoms with van der Waals surface area (Å²) < 4.78 is 0. The van der Waals surface area contributed by atoms with E-state index in [0.29, 0.717) is 17.5 Å². The van der Waals surface area contributed by atoms with Crippen molar-refractivity contribution < 1.29 is 49.2 Å². The topological polar surface area (TPSA) is 270 Å². The van der Waals surface area contributed by atoms with Gasteiger partial charge in [0.1, 0.15) is 42.2 Å². The largest absolute Gasteiger partial charge is 0.508 e. The van der Waals surface area contributed by atoms with Crippen LogP contribution in [-0.2, 0) is 41.6 Å². The number of nitrogens with two attached hydrogens (primary N) is 1. The van der Waals surface area contributed by atoms with Crippen molar-refractivity contribution in [1.82, 2.24) is 26.6 Å². The van der Waals surface area contributed by atoms with Crippen LogP contribution in [0.3, 0.4) is 0 Å². The van der Waals surface area contributed by atoms with Crippen molar-refractivity contribution in [1.29, 1.82) is 0 Å². The molecule has 11 N–H and O–H groups in total. The van der Waals surface area contributed by atoms with E-state index in [1.54, 1.807) is 19.1 Å². The Morgan fingerprint density at radius 1 is 0.667 bits per heavy atom. The Bertz CT molecular complexity index is 1420. The Labute approximate surface area is 277 Å². The average Bonchev–Trinajstić information content (AvgIpc) is 3.06. The van der Waals surface area contributed by atoms with Crippen molar-refractivity contribution in [2.45, 2.75) is 70.2 Å². The zero-order chi connectivity index (χ0) is 36.0. The van der Waals surface area contributed by atoms with Gasteiger partial charge in [-0.2, -0.15) is 0 Å². The van der Waals surface area contributed by atoms with Crippen LogP contribution in [-0.4, -0.2) is 99.3 Å². The molecule has 2 aromatic rings. The lowest BCUT2D eigenvalue weighted by atomic mass is 9.98. The molecule has 0 aliphatic heterocycles. The fraction of sp³-hybridized carbons (Fsp3) is 0.438. The maximum absolute atomic E-state index is 13.5. The van der Waals surface area contributed by atoms with Gasteiger partial charge < -0.3 is 52.7 Å². The summed E-state index contributed by atoms with van der Waals surface area (Å²) in [5, 5.41) is 50.1. The van der Waals surface area contributed by atoms with E-state index in [1.807, 2.05) is 6.92 Å². The molecule has 16 heteroatoms. The van der Waals surface area contributed by atoms with Gasteiger partial charge in [0.25, 0.3) is 0 Å². The minimum atomic E-state index is -1.59. The number of rotatable bonds is 18. The predicted molar refractivity (Wildman–Crippen MR) is 172 cm³/mol. The highest BCUT2D eigenvalue weighted by atomic mass is 16.4. The second kappa shape index (κ2) is 18.8. The first-order valence-electron chi connectivity index (χ1n) is 15.3. The van der Waals surface area contributed by atoms with E-state index in [4.69, 9.17) is 10.8 Å². The lowest BCUT2D eigenvalue weighted by Gasteiger charge is -2.26. The number of aliphatic hydroxyl groups is 1. The zero-order valence-electron chi connectivity index (χ0n) is 26.9. The second-order valence-corrected chi connectivity index (χ2v) is 11.4. The van der Waals surface area contributed by atoms with E-state index in [-0.39, 0.29) is 30.3 Å². The van der Waals surface area contributed by atoms with Crippen molar-refractivity contribution >= 4 is 35.5 Å². The zero-order valence-corrected chi connectivity index (χ0v) is 26.9. The van der Waals surface area contributed by atoms with Gasteiger partial charge in [0.05, 0.1) is 12.6 Å². The molecule has 0 spiro atoms. The molecule has 0 aliphatic rings. The van der Waals surface area contributed by atoms with Crippen LogP contribution < -0.4 is 32.3 Å². The Hall–Kier alpha value is -5.22. The van der Waals surface area contributed by atoms with Gasteiger partial charge in [0, 0.05) is 12.8 Å². The van der Waals surface area contributed by atoms with E-state index < -0.39 is 78.9 Å². The van der Waals surface area contributed by atoms with Crippen LogP contribution >= 0.6 is 0 Å². The summed E-state index contributed by atoms with van der Waals surface area (Å²) in [6.07, 6.45) is 0.403. The molecule has 5 amide bonds. The Morgan fingerprint density at radius 2 is 1.08 bits per heavy atom. The molecular weight excluding hydrogens is 628 g/mol. The number of phenolic OH excluding ortho intramolecular Hbond substituents is 2. The molecule has 2 rings (SSSR count). The molecule has 0 bridgehead atoms. The van der Waals surface area contributed by atoms with E-state index in [0.717, 1.165) is 0 Å². The fourth-order valence-electron chi connectivity index (χ4n) is 4.37. The lowest BCUT2D eigenvalue weighted by Crippen LogP contribution is -2.60. The number of carbonyl (C=O) groups excluding carboxylic acids is 5. The summed E-state index contributed by atoms with van der Waals surface area (Å²) in [5.41, 5.74) is 7.12. The molecule has 2 aromatic carbocycles. The smallest absolute Gasteiger partial charge is 0.322 e. The molecule has 0 fully saturated rings. The first-order valence-corrected chi connectivity index (χ1v) is 15.3. The van der Waals surface area contributed by atoms with E-state index in [9.17, 15) is 44.1 Å². The number of carboxylic acids is 1. The first-order chi connectivity index (χ1) is 22.6. The number of nitrogens with one attached hydrogen (secondary N) is 5.